The highest BCUT2D eigenvalue weighted by atomic mass is 16.5. The second kappa shape index (κ2) is 8.36. The number of carbonyl (C=O) groups excluding carboxylic acids is 1. The topological polar surface area (TPSA) is 59.5 Å². The molecular weight excluding hydrogens is 386 g/mol. The largest absolute Gasteiger partial charge is 0.758 e. The molecular formula is C26H24N3O2-. The van der Waals surface area contributed by atoms with Gasteiger partial charge in [0.25, 0.3) is 5.91 Å². The lowest BCUT2D eigenvalue weighted by Crippen LogP contribution is -2.36. The van der Waals surface area contributed by atoms with Gasteiger partial charge in [-0.15, -0.1) is 0 Å². The van der Waals surface area contributed by atoms with Crippen molar-refractivity contribution in [2.75, 3.05) is 13.1 Å². The molecule has 1 aromatic carbocycles. The molecule has 1 amide bonds. The van der Waals surface area contributed by atoms with Crippen molar-refractivity contribution >= 4 is 11.5 Å². The molecule has 1 fully saturated rings. The molecule has 0 spiro atoms. The van der Waals surface area contributed by atoms with Gasteiger partial charge < -0.3 is 15.2 Å². The van der Waals surface area contributed by atoms with Crippen molar-refractivity contribution < 1.29 is 4.79 Å². The van der Waals surface area contributed by atoms with E-state index in [0.717, 1.165) is 45.9 Å². The molecule has 3 aliphatic rings. The Morgan fingerprint density at radius 3 is 2.58 bits per heavy atom. The number of pyridine rings is 1. The Balaban J connectivity index is 1.50. The third-order valence-electron chi connectivity index (χ3n) is 6.24. The molecule has 1 saturated heterocycles. The highest BCUT2D eigenvalue weighted by Gasteiger charge is 2.27. The Hall–Kier alpha value is -3.44. The zero-order chi connectivity index (χ0) is 21.2. The first kappa shape index (κ1) is 19.5. The predicted molar refractivity (Wildman–Crippen MR) is 122 cm³/mol. The van der Waals surface area contributed by atoms with Gasteiger partial charge in [-0.3, -0.25) is 9.78 Å². The number of amides is 1. The van der Waals surface area contributed by atoms with E-state index in [4.69, 9.17) is 0 Å². The summed E-state index contributed by atoms with van der Waals surface area (Å²) in [5.74, 6) is 0.0521. The number of hydrogen-bond acceptors (Lipinski definition) is 4. The summed E-state index contributed by atoms with van der Waals surface area (Å²) >= 11 is 0. The standard InChI is InChI=1S/C26H24N3O2/c30-26(20-10-14-27-15-11-20)28-16-12-19(13-17-28)22-7-2-1-3-9-24-25(22)23-8-5-4-6-21(23)18-29(24)31/h1-8,10-11,14-15H,9,12-13,16-18H2/q-1/b3-1-,7-2-. The molecule has 0 bridgehead atoms. The van der Waals surface area contributed by atoms with Crippen LogP contribution in [0.2, 0.25) is 0 Å². The summed E-state index contributed by atoms with van der Waals surface area (Å²) in [6.07, 6.45) is 13.8. The van der Waals surface area contributed by atoms with Gasteiger partial charge >= 0.3 is 0 Å². The maximum Gasteiger partial charge on any atom is 0.253 e. The lowest BCUT2D eigenvalue weighted by molar-refractivity contribution is 0.0743. The van der Waals surface area contributed by atoms with Gasteiger partial charge in [-0.2, -0.15) is 0 Å². The minimum absolute atomic E-state index is 0.0521. The SMILES string of the molecule is O=C(c1ccncc1)N1CCC(=C2/C=C\C=C/CC3=C2c2ccccc2CN3[O-])CC1. The summed E-state index contributed by atoms with van der Waals surface area (Å²) in [5, 5.41) is 14.0. The smallest absolute Gasteiger partial charge is 0.253 e. The summed E-state index contributed by atoms with van der Waals surface area (Å²) in [7, 11) is 0. The van der Waals surface area contributed by atoms with Crippen LogP contribution in [0.1, 0.15) is 40.7 Å². The van der Waals surface area contributed by atoms with Gasteiger partial charge in [-0.1, -0.05) is 54.1 Å². The van der Waals surface area contributed by atoms with Crippen LogP contribution in [0.25, 0.3) is 5.57 Å². The number of fused-ring (bicyclic) bond motifs is 2. The monoisotopic (exact) mass is 410 g/mol. The Bertz CT molecular complexity index is 1120. The molecule has 1 aromatic heterocycles. The summed E-state index contributed by atoms with van der Waals surface area (Å²) in [4.78, 5) is 18.7. The first-order valence-electron chi connectivity index (χ1n) is 10.7. The van der Waals surface area contributed by atoms with Gasteiger partial charge in [-0.25, -0.2) is 0 Å². The Morgan fingerprint density at radius 2 is 1.77 bits per heavy atom. The van der Waals surface area contributed by atoms with E-state index < -0.39 is 0 Å². The van der Waals surface area contributed by atoms with Crippen LogP contribution in [-0.4, -0.2) is 33.9 Å². The first-order chi connectivity index (χ1) is 15.2. The van der Waals surface area contributed by atoms with Crippen LogP contribution in [0.15, 0.2) is 89.9 Å². The van der Waals surface area contributed by atoms with Crippen LogP contribution in [0.3, 0.4) is 0 Å². The van der Waals surface area contributed by atoms with Crippen molar-refractivity contribution in [2.45, 2.75) is 25.8 Å². The van der Waals surface area contributed by atoms with Crippen molar-refractivity contribution in [2.24, 2.45) is 0 Å². The van der Waals surface area contributed by atoms with Crippen LogP contribution in [0, 0.1) is 5.21 Å². The number of likely N-dealkylation sites (tertiary alicyclic amines) is 1. The summed E-state index contributed by atoms with van der Waals surface area (Å²) in [5.41, 5.74) is 7.24. The van der Waals surface area contributed by atoms with E-state index in [2.05, 4.69) is 23.2 Å². The summed E-state index contributed by atoms with van der Waals surface area (Å²) in [6.45, 7) is 1.74. The highest BCUT2D eigenvalue weighted by Crippen LogP contribution is 2.41. The van der Waals surface area contributed by atoms with Gasteiger partial charge in [0.2, 0.25) is 0 Å². The summed E-state index contributed by atoms with van der Waals surface area (Å²) in [6, 6.07) is 11.7. The van der Waals surface area contributed by atoms with Gasteiger partial charge in [0.1, 0.15) is 0 Å². The van der Waals surface area contributed by atoms with Crippen molar-refractivity contribution in [3.8, 4) is 0 Å². The van der Waals surface area contributed by atoms with Crippen LogP contribution in [-0.2, 0) is 6.54 Å². The second-order valence-corrected chi connectivity index (χ2v) is 8.05. The second-order valence-electron chi connectivity index (χ2n) is 8.05. The number of aromatic nitrogens is 1. The number of rotatable bonds is 1. The van der Waals surface area contributed by atoms with Crippen LogP contribution >= 0.6 is 0 Å². The molecule has 0 N–H and O–H groups in total. The fraction of sp³-hybridized carbons (Fsp3) is 0.231. The number of hydroxylamine groups is 2. The Labute approximate surface area is 182 Å². The average molecular weight is 410 g/mol. The number of hydrogen-bond donors (Lipinski definition) is 0. The minimum atomic E-state index is 0.0521. The molecule has 0 radical (unpaired) electrons. The van der Waals surface area contributed by atoms with Crippen molar-refractivity contribution in [3.05, 3.63) is 112 Å². The molecule has 0 unspecified atom stereocenters. The molecule has 5 nitrogen and oxygen atoms in total. The van der Waals surface area contributed by atoms with Gasteiger partial charge in [-0.05, 0) is 41.7 Å². The molecule has 3 heterocycles. The Morgan fingerprint density at radius 1 is 1.00 bits per heavy atom. The van der Waals surface area contributed by atoms with Gasteiger partial charge in [0.05, 0.1) is 0 Å². The minimum Gasteiger partial charge on any atom is -0.758 e. The number of carbonyl (C=O) groups is 1. The van der Waals surface area contributed by atoms with Crippen LogP contribution in [0.4, 0.5) is 0 Å². The normalized spacial score (nSPS) is 20.5. The van der Waals surface area contributed by atoms with E-state index in [1.54, 1.807) is 24.5 Å². The highest BCUT2D eigenvalue weighted by molar-refractivity contribution is 5.94. The molecule has 0 saturated carbocycles. The van der Waals surface area contributed by atoms with Crippen molar-refractivity contribution in [1.82, 2.24) is 14.9 Å². The van der Waals surface area contributed by atoms with Crippen molar-refractivity contribution in [1.29, 1.82) is 0 Å². The van der Waals surface area contributed by atoms with E-state index in [0.29, 0.717) is 31.6 Å². The molecule has 0 atom stereocenters. The third kappa shape index (κ3) is 3.73. The lowest BCUT2D eigenvalue weighted by atomic mass is 9.83. The zero-order valence-electron chi connectivity index (χ0n) is 17.3. The van der Waals surface area contributed by atoms with Crippen LogP contribution in [0.5, 0.6) is 0 Å². The van der Waals surface area contributed by atoms with E-state index in [1.165, 1.54) is 5.57 Å². The molecule has 5 heteroatoms. The quantitative estimate of drug-likeness (QED) is 0.674. The predicted octanol–water partition coefficient (Wildman–Crippen LogP) is 4.86. The van der Waals surface area contributed by atoms with E-state index in [9.17, 15) is 10.0 Å². The molecule has 1 aliphatic carbocycles. The number of piperidine rings is 1. The fourth-order valence-electron chi connectivity index (χ4n) is 4.65. The summed E-state index contributed by atoms with van der Waals surface area (Å²) < 4.78 is 0. The number of nitrogens with zero attached hydrogens (tertiary/aromatic N) is 3. The van der Waals surface area contributed by atoms with Gasteiger partial charge in [0, 0.05) is 55.3 Å². The lowest BCUT2D eigenvalue weighted by Gasteiger charge is -2.41. The van der Waals surface area contributed by atoms with Gasteiger partial charge in [0.15, 0.2) is 0 Å². The van der Waals surface area contributed by atoms with Crippen LogP contribution < -0.4 is 0 Å². The number of allylic oxidation sites excluding steroid dienone is 6. The van der Waals surface area contributed by atoms with Crippen molar-refractivity contribution in [3.63, 3.8) is 0 Å². The molecule has 2 aliphatic heterocycles. The molecule has 2 aromatic rings. The first-order valence-corrected chi connectivity index (χ1v) is 10.7. The average Bonchev–Trinajstić information content (AvgIpc) is 2.80. The molecule has 31 heavy (non-hydrogen) atoms. The zero-order valence-corrected chi connectivity index (χ0v) is 17.3. The van der Waals surface area contributed by atoms with E-state index >= 15 is 0 Å². The number of benzene rings is 1. The molecule has 5 rings (SSSR count). The maximum absolute atomic E-state index is 12.9. The van der Waals surface area contributed by atoms with E-state index in [1.807, 2.05) is 35.3 Å². The molecule has 156 valence electrons. The third-order valence-corrected chi connectivity index (χ3v) is 6.24. The Kier molecular flexibility index (Phi) is 5.26. The fourth-order valence-corrected chi connectivity index (χ4v) is 4.65. The van der Waals surface area contributed by atoms with E-state index in [-0.39, 0.29) is 5.91 Å². The maximum atomic E-state index is 12.9.